The van der Waals surface area contributed by atoms with Crippen LogP contribution in [-0.4, -0.2) is 46.7 Å². The van der Waals surface area contributed by atoms with Crippen LogP contribution in [0.4, 0.5) is 10.5 Å². The molecular weight excluding hydrogens is 464 g/mol. The maximum Gasteiger partial charge on any atom is 0.329 e. The van der Waals surface area contributed by atoms with Crippen LogP contribution in [-0.2, 0) is 20.9 Å². The highest BCUT2D eigenvalue weighted by Crippen LogP contribution is 2.36. The molecule has 1 unspecified atom stereocenters. The van der Waals surface area contributed by atoms with Crippen molar-refractivity contribution in [2.75, 3.05) is 13.7 Å². The molecule has 178 valence electrons. The summed E-state index contributed by atoms with van der Waals surface area (Å²) in [5.74, 6) is -0.396. The summed E-state index contributed by atoms with van der Waals surface area (Å²) in [5.41, 5.74) is 1.32. The van der Waals surface area contributed by atoms with E-state index in [0.29, 0.717) is 17.1 Å². The van der Waals surface area contributed by atoms with Gasteiger partial charge in [0.15, 0.2) is 11.5 Å². The average molecular weight is 487 g/mol. The van der Waals surface area contributed by atoms with Crippen LogP contribution >= 0.6 is 11.8 Å². The van der Waals surface area contributed by atoms with Gasteiger partial charge < -0.3 is 14.2 Å². The number of hydrogen-bond donors (Lipinski definition) is 0. The Morgan fingerprint density at radius 1 is 1.18 bits per heavy atom. The van der Waals surface area contributed by atoms with E-state index in [0.717, 1.165) is 22.2 Å². The molecule has 2 aromatic rings. The molecule has 11 heteroatoms. The van der Waals surface area contributed by atoms with E-state index < -0.39 is 28.1 Å². The number of ether oxygens (including phenoxy) is 3. The Labute approximate surface area is 199 Å². The second kappa shape index (κ2) is 10.8. The first-order valence-electron chi connectivity index (χ1n) is 10.2. The molecule has 0 radical (unpaired) electrons. The number of rotatable bonds is 9. The topological polar surface area (TPSA) is 125 Å². The minimum Gasteiger partial charge on any atom is -0.493 e. The molecule has 0 N–H and O–H groups in total. The normalized spacial score (nSPS) is 15.4. The quantitative estimate of drug-likeness (QED) is 0.222. The molecule has 2 amide bonds. The third-order valence-electron chi connectivity index (χ3n) is 4.87. The van der Waals surface area contributed by atoms with Gasteiger partial charge in [0.05, 0.1) is 23.5 Å². The van der Waals surface area contributed by atoms with Crippen molar-refractivity contribution < 1.29 is 33.5 Å². The Morgan fingerprint density at radius 3 is 2.50 bits per heavy atom. The molecule has 2 aromatic carbocycles. The van der Waals surface area contributed by atoms with Crippen molar-refractivity contribution in [3.63, 3.8) is 0 Å². The lowest BCUT2D eigenvalue weighted by molar-refractivity contribution is -0.384. The smallest absolute Gasteiger partial charge is 0.329 e. The van der Waals surface area contributed by atoms with Gasteiger partial charge in [0, 0.05) is 12.1 Å². The molecule has 1 saturated heterocycles. The van der Waals surface area contributed by atoms with Crippen LogP contribution in [0.25, 0.3) is 6.08 Å². The van der Waals surface area contributed by atoms with Crippen LogP contribution in [0.5, 0.6) is 11.5 Å². The summed E-state index contributed by atoms with van der Waals surface area (Å²) in [6, 6.07) is 9.97. The van der Waals surface area contributed by atoms with E-state index in [9.17, 15) is 24.5 Å². The largest absolute Gasteiger partial charge is 0.493 e. The van der Waals surface area contributed by atoms with Crippen LogP contribution < -0.4 is 9.47 Å². The molecule has 0 saturated carbocycles. The molecule has 0 bridgehead atoms. The van der Waals surface area contributed by atoms with Gasteiger partial charge >= 0.3 is 5.97 Å². The van der Waals surface area contributed by atoms with Gasteiger partial charge in [0.25, 0.3) is 16.8 Å². The fraction of sp³-hybridized carbons (Fsp3) is 0.261. The van der Waals surface area contributed by atoms with Gasteiger partial charge in [-0.1, -0.05) is 6.07 Å². The predicted octanol–water partition coefficient (Wildman–Crippen LogP) is 4.17. The first kappa shape index (κ1) is 24.8. The van der Waals surface area contributed by atoms with E-state index in [1.165, 1.54) is 32.2 Å². The number of benzene rings is 2. The van der Waals surface area contributed by atoms with Crippen molar-refractivity contribution in [2.45, 2.75) is 26.5 Å². The van der Waals surface area contributed by atoms with Gasteiger partial charge in [-0.3, -0.25) is 24.6 Å². The molecule has 1 fully saturated rings. The fourth-order valence-corrected chi connectivity index (χ4v) is 4.01. The fourth-order valence-electron chi connectivity index (χ4n) is 3.10. The summed E-state index contributed by atoms with van der Waals surface area (Å²) >= 11 is 0.740. The molecule has 0 spiro atoms. The Morgan fingerprint density at radius 2 is 1.88 bits per heavy atom. The number of thioether (sulfide) groups is 1. The minimum absolute atomic E-state index is 0.00764. The van der Waals surface area contributed by atoms with E-state index in [1.54, 1.807) is 37.3 Å². The van der Waals surface area contributed by atoms with Crippen LogP contribution in [0.15, 0.2) is 47.4 Å². The van der Waals surface area contributed by atoms with Crippen molar-refractivity contribution in [1.82, 2.24) is 4.90 Å². The minimum atomic E-state index is -1.02. The predicted molar refractivity (Wildman–Crippen MR) is 124 cm³/mol. The summed E-state index contributed by atoms with van der Waals surface area (Å²) in [6.45, 7) is 3.40. The molecular formula is C23H22N2O8S. The highest BCUT2D eigenvalue weighted by atomic mass is 32.2. The van der Waals surface area contributed by atoms with E-state index in [1.807, 2.05) is 0 Å². The Hall–Kier alpha value is -3.86. The number of nitro benzene ring substituents is 1. The van der Waals surface area contributed by atoms with Gasteiger partial charge in [0.2, 0.25) is 0 Å². The third kappa shape index (κ3) is 5.54. The number of nitro groups is 1. The summed E-state index contributed by atoms with van der Waals surface area (Å²) in [5, 5.41) is 10.2. The van der Waals surface area contributed by atoms with Gasteiger partial charge in [-0.15, -0.1) is 0 Å². The number of methoxy groups -OCH3 is 1. The summed E-state index contributed by atoms with van der Waals surface area (Å²) < 4.78 is 16.1. The first-order valence-corrected chi connectivity index (χ1v) is 11.0. The number of carbonyl (C=O) groups is 3. The molecule has 3 rings (SSSR count). The van der Waals surface area contributed by atoms with Crippen molar-refractivity contribution in [3.05, 3.63) is 68.6 Å². The van der Waals surface area contributed by atoms with Crippen molar-refractivity contribution in [1.29, 1.82) is 0 Å². The van der Waals surface area contributed by atoms with Crippen LogP contribution in [0.3, 0.4) is 0 Å². The molecule has 1 aliphatic heterocycles. The highest BCUT2D eigenvalue weighted by molar-refractivity contribution is 8.18. The molecule has 0 aromatic heterocycles. The van der Waals surface area contributed by atoms with Gasteiger partial charge in [0.1, 0.15) is 12.6 Å². The first-order chi connectivity index (χ1) is 16.2. The maximum atomic E-state index is 12.7. The average Bonchev–Trinajstić information content (AvgIpc) is 3.10. The lowest BCUT2D eigenvalue weighted by Crippen LogP contribution is -2.42. The zero-order chi connectivity index (χ0) is 24.8. The number of non-ortho nitro benzene ring substituents is 1. The summed E-state index contributed by atoms with van der Waals surface area (Å²) in [4.78, 5) is 48.4. The summed E-state index contributed by atoms with van der Waals surface area (Å²) in [7, 11) is 1.47. The Bertz CT molecular complexity index is 1150. The monoisotopic (exact) mass is 486 g/mol. The van der Waals surface area contributed by atoms with Crippen LogP contribution in [0.1, 0.15) is 25.0 Å². The van der Waals surface area contributed by atoms with Crippen LogP contribution in [0, 0.1) is 10.1 Å². The van der Waals surface area contributed by atoms with Crippen molar-refractivity contribution >= 4 is 40.6 Å². The molecule has 10 nitrogen and oxygen atoms in total. The zero-order valence-electron chi connectivity index (χ0n) is 18.7. The third-order valence-corrected chi connectivity index (χ3v) is 5.75. The lowest BCUT2D eigenvalue weighted by Gasteiger charge is -2.19. The lowest BCUT2D eigenvalue weighted by atomic mass is 10.1. The zero-order valence-corrected chi connectivity index (χ0v) is 19.5. The molecule has 1 atom stereocenters. The van der Waals surface area contributed by atoms with E-state index >= 15 is 0 Å². The number of nitrogens with zero attached hydrogens (tertiary/aromatic N) is 2. The van der Waals surface area contributed by atoms with E-state index in [-0.39, 0.29) is 23.8 Å². The molecule has 0 aliphatic carbocycles. The SMILES string of the molecule is CCOC(=O)C(C)N1C(=O)SC(=Cc2ccc(OCc3ccc([N+](=O)[O-])cc3)c(OC)c2)C1=O. The van der Waals surface area contributed by atoms with Gasteiger partial charge in [-0.25, -0.2) is 4.79 Å². The number of amides is 2. The van der Waals surface area contributed by atoms with Crippen LogP contribution in [0.2, 0.25) is 0 Å². The van der Waals surface area contributed by atoms with Crippen molar-refractivity contribution in [3.8, 4) is 11.5 Å². The second-order valence-corrected chi connectivity index (χ2v) is 8.10. The second-order valence-electron chi connectivity index (χ2n) is 7.10. The Balaban J connectivity index is 1.73. The summed E-state index contributed by atoms with van der Waals surface area (Å²) in [6.07, 6.45) is 1.53. The Kier molecular flexibility index (Phi) is 7.90. The van der Waals surface area contributed by atoms with Crippen molar-refractivity contribution in [2.24, 2.45) is 0 Å². The van der Waals surface area contributed by atoms with E-state index in [2.05, 4.69) is 0 Å². The number of hydrogen-bond acceptors (Lipinski definition) is 9. The van der Waals surface area contributed by atoms with Gasteiger partial charge in [-0.05, 0) is 67.1 Å². The molecule has 1 heterocycles. The highest BCUT2D eigenvalue weighted by Gasteiger charge is 2.41. The number of imide groups is 1. The molecule has 1 aliphatic rings. The standard InChI is InChI=1S/C23H22N2O8S/c1-4-32-22(27)14(2)24-21(26)20(34-23(24)28)12-16-7-10-18(19(11-16)31-3)33-13-15-5-8-17(9-6-15)25(29)30/h5-12,14H,4,13H2,1-3H3. The molecule has 34 heavy (non-hydrogen) atoms. The van der Waals surface area contributed by atoms with Gasteiger partial charge in [-0.2, -0.15) is 0 Å². The number of carbonyl (C=O) groups excluding carboxylic acids is 3. The van der Waals surface area contributed by atoms with E-state index in [4.69, 9.17) is 14.2 Å². The number of esters is 1. The maximum absolute atomic E-state index is 12.7.